The number of benzene rings is 3. The van der Waals surface area contributed by atoms with Gasteiger partial charge in [-0.2, -0.15) is 6.92 Å². The van der Waals surface area contributed by atoms with E-state index in [1.54, 1.807) is 31.2 Å². The van der Waals surface area contributed by atoms with Gasteiger partial charge in [0.2, 0.25) is 0 Å². The molecular weight excluding hydrogens is 618 g/mol. The minimum Gasteiger partial charge on any atom is -0.672 e. The first-order valence-corrected chi connectivity index (χ1v) is 18.7. The van der Waals surface area contributed by atoms with Crippen molar-refractivity contribution in [3.63, 3.8) is 0 Å². The molecule has 0 aliphatic heterocycles. The van der Waals surface area contributed by atoms with Crippen LogP contribution in [0.15, 0.2) is 102 Å². The second kappa shape index (κ2) is 17.2. The summed E-state index contributed by atoms with van der Waals surface area (Å²) in [6, 6.07) is 23.3. The fourth-order valence-corrected chi connectivity index (χ4v) is 7.27. The molecule has 1 aliphatic rings. The Balaban J connectivity index is 0.000000481. The molecule has 4 rings (SSSR count). The third-order valence-electron chi connectivity index (χ3n) is 6.90. The standard InChI is InChI=1S/C21H20N2O2S.C10H20Si.C2H5.Ru/c1-16-12-14-19(15-13-16)26(24,25)23-21(18-10-6-3-7-11-18)20(22)17-8-4-2-5-9-17;1-9-5-7-10(8-6-9)11(2,3)4;1-2;/h2-15,20-22H,1H3;5,7,9-10H,6,8H2,1-4H3;1H2,2H3;/q-2;;-1;+3/t20-,21-;9-,10+;;/m00../s1. The molecule has 0 saturated carbocycles. The van der Waals surface area contributed by atoms with Gasteiger partial charge in [-0.1, -0.05) is 128 Å². The number of nitrogens with one attached hydrogen (secondary N) is 1. The topological polar surface area (TPSA) is 72.0 Å². The van der Waals surface area contributed by atoms with Crippen LogP contribution in [0.4, 0.5) is 0 Å². The van der Waals surface area contributed by atoms with Gasteiger partial charge in [-0.05, 0) is 43.4 Å². The van der Waals surface area contributed by atoms with Crippen molar-refractivity contribution in [2.24, 2.45) is 5.92 Å². The summed E-state index contributed by atoms with van der Waals surface area (Å²) in [5.74, 6) is 0.836. The van der Waals surface area contributed by atoms with Crippen molar-refractivity contribution < 1.29 is 27.9 Å². The molecule has 1 N–H and O–H groups in total. The number of hydrogen-bond donors (Lipinski definition) is 0. The van der Waals surface area contributed by atoms with E-state index in [4.69, 9.17) is 5.73 Å². The summed E-state index contributed by atoms with van der Waals surface area (Å²) in [6.07, 6.45) is 7.73. The summed E-state index contributed by atoms with van der Waals surface area (Å²) >= 11 is 0. The number of hydrogen-bond acceptors (Lipinski definition) is 2. The van der Waals surface area contributed by atoms with Crippen molar-refractivity contribution in [1.29, 1.82) is 0 Å². The Labute approximate surface area is 257 Å². The molecule has 0 aromatic heterocycles. The van der Waals surface area contributed by atoms with Crippen LogP contribution in [0.3, 0.4) is 0 Å². The zero-order valence-corrected chi connectivity index (χ0v) is 28.2. The van der Waals surface area contributed by atoms with E-state index in [-0.39, 0.29) is 24.4 Å². The molecule has 3 aromatic rings. The monoisotopic (exact) mass is 663 g/mol. The maximum Gasteiger partial charge on any atom is 3.00 e. The summed E-state index contributed by atoms with van der Waals surface area (Å²) in [6.45, 7) is 16.6. The first-order valence-electron chi connectivity index (χ1n) is 13.7. The van der Waals surface area contributed by atoms with Gasteiger partial charge in [0, 0.05) is 4.90 Å². The van der Waals surface area contributed by atoms with Gasteiger partial charge >= 0.3 is 19.5 Å². The van der Waals surface area contributed by atoms with E-state index >= 15 is 0 Å². The predicted molar refractivity (Wildman–Crippen MR) is 170 cm³/mol. The van der Waals surface area contributed by atoms with Crippen LogP contribution in [0, 0.1) is 19.8 Å². The SMILES string of the molecule is C[C@H]1C=C[C@@H]([Si](C)(C)C)CC1.Cc1ccc(S(=O)(=O)[N-][C@@H](c2ccccc2)[C@@H]([NH-])c2ccccc2)cc1.[CH2-]C.[Ru+3]. The quantitative estimate of drug-likeness (QED) is 0.144. The first-order chi connectivity index (χ1) is 18.5. The molecule has 40 heavy (non-hydrogen) atoms. The summed E-state index contributed by atoms with van der Waals surface area (Å²) in [5.41, 5.74) is 12.0. The van der Waals surface area contributed by atoms with E-state index in [9.17, 15) is 8.42 Å². The predicted octanol–water partition coefficient (Wildman–Crippen LogP) is 10.1. The molecule has 7 heteroatoms. The average Bonchev–Trinajstić information content (AvgIpc) is 2.94. The van der Waals surface area contributed by atoms with Gasteiger partial charge in [0.1, 0.15) is 10.0 Å². The second-order valence-corrected chi connectivity index (χ2v) is 18.2. The molecule has 0 unspecified atom stereocenters. The van der Waals surface area contributed by atoms with E-state index in [1.165, 1.54) is 12.8 Å². The van der Waals surface area contributed by atoms with Crippen LogP contribution >= 0.6 is 0 Å². The largest absolute Gasteiger partial charge is 3.00 e. The minimum atomic E-state index is -3.87. The Bertz CT molecular complexity index is 1250. The molecule has 0 fully saturated rings. The van der Waals surface area contributed by atoms with Gasteiger partial charge in [0.05, 0.1) is 8.07 Å². The number of aryl methyl sites for hydroxylation is 1. The number of rotatable bonds is 7. The maximum absolute atomic E-state index is 12.8. The molecule has 0 heterocycles. The van der Waals surface area contributed by atoms with Gasteiger partial charge in [0.25, 0.3) is 0 Å². The van der Waals surface area contributed by atoms with E-state index in [1.807, 2.05) is 67.6 Å². The minimum absolute atomic E-state index is 0. The van der Waals surface area contributed by atoms with Crippen LogP contribution in [-0.4, -0.2) is 16.5 Å². The third-order valence-corrected chi connectivity index (χ3v) is 11.0. The number of sulfonamides is 1. The summed E-state index contributed by atoms with van der Waals surface area (Å²) in [5, 5.41) is 0. The second-order valence-electron chi connectivity index (χ2n) is 11.0. The van der Waals surface area contributed by atoms with E-state index in [2.05, 4.69) is 50.4 Å². The summed E-state index contributed by atoms with van der Waals surface area (Å²) in [7, 11) is -4.75. The molecule has 4 nitrogen and oxygen atoms in total. The Morgan fingerprint density at radius 1 is 0.825 bits per heavy atom. The fraction of sp³-hybridized carbons (Fsp3) is 0.364. The van der Waals surface area contributed by atoms with E-state index in [0.717, 1.165) is 22.6 Å². The van der Waals surface area contributed by atoms with Crippen molar-refractivity contribution in [3.8, 4) is 0 Å². The Kier molecular flexibility index (Phi) is 15.5. The van der Waals surface area contributed by atoms with Crippen LogP contribution in [0.2, 0.25) is 25.2 Å². The van der Waals surface area contributed by atoms with Crippen LogP contribution < -0.4 is 0 Å². The molecule has 4 atom stereocenters. The van der Waals surface area contributed by atoms with Crippen LogP contribution in [0.5, 0.6) is 0 Å². The maximum atomic E-state index is 12.8. The molecule has 0 bridgehead atoms. The van der Waals surface area contributed by atoms with Gasteiger partial charge in [-0.3, -0.25) is 0 Å². The molecule has 1 radical (unpaired) electrons. The molecule has 0 amide bonds. The fourth-order valence-electron chi connectivity index (χ4n) is 4.41. The van der Waals surface area contributed by atoms with Crippen molar-refractivity contribution in [1.82, 2.24) is 0 Å². The Morgan fingerprint density at radius 2 is 1.32 bits per heavy atom. The molecule has 0 spiro atoms. The van der Waals surface area contributed by atoms with Gasteiger partial charge in [0.15, 0.2) is 0 Å². The first kappa shape index (κ1) is 36.1. The van der Waals surface area contributed by atoms with Crippen molar-refractivity contribution in [2.75, 3.05) is 0 Å². The third kappa shape index (κ3) is 11.2. The Hall–Kier alpha value is -1.89. The molecule has 217 valence electrons. The zero-order valence-electron chi connectivity index (χ0n) is 24.7. The van der Waals surface area contributed by atoms with E-state index in [0.29, 0.717) is 5.56 Å². The molecular formula is C33H45N2O2RuSSi. The van der Waals surface area contributed by atoms with Crippen LogP contribution in [0.25, 0.3) is 10.5 Å². The Morgan fingerprint density at radius 3 is 1.77 bits per heavy atom. The van der Waals surface area contributed by atoms with Gasteiger partial charge < -0.3 is 17.4 Å². The van der Waals surface area contributed by atoms with Gasteiger partial charge in [-0.25, -0.2) is 8.42 Å². The molecule has 0 saturated heterocycles. The number of nitrogens with zero attached hydrogens (tertiary/aromatic N) is 1. The van der Waals surface area contributed by atoms with E-state index < -0.39 is 30.2 Å². The smallest absolute Gasteiger partial charge is 0.672 e. The van der Waals surface area contributed by atoms with Crippen LogP contribution in [0.1, 0.15) is 55.5 Å². The van der Waals surface area contributed by atoms with Crippen LogP contribution in [-0.2, 0) is 29.5 Å². The average molecular weight is 663 g/mol. The van der Waals surface area contributed by atoms with Crippen molar-refractivity contribution >= 4 is 18.1 Å². The van der Waals surface area contributed by atoms with Gasteiger partial charge in [-0.15, -0.1) is 12.1 Å². The normalized spacial score (nSPS) is 18.1. The molecule has 1 aliphatic carbocycles. The van der Waals surface area contributed by atoms with Crippen molar-refractivity contribution in [3.05, 3.63) is 131 Å². The zero-order chi connectivity index (χ0) is 29.1. The summed E-state index contributed by atoms with van der Waals surface area (Å²) in [4.78, 5) is 0.143. The van der Waals surface area contributed by atoms with Crippen molar-refractivity contribution in [2.45, 2.75) is 75.8 Å². The summed E-state index contributed by atoms with van der Waals surface area (Å²) < 4.78 is 29.8. The number of allylic oxidation sites excluding steroid dienone is 2. The molecule has 3 aromatic carbocycles.